The van der Waals surface area contributed by atoms with Crippen LogP contribution in [0.25, 0.3) is 11.0 Å². The predicted octanol–water partition coefficient (Wildman–Crippen LogP) is 3.26. The largest absolute Gasteiger partial charge is 0.493 e. The van der Waals surface area contributed by atoms with Crippen LogP contribution >= 0.6 is 12.4 Å². The van der Waals surface area contributed by atoms with Crippen molar-refractivity contribution in [2.24, 2.45) is 5.73 Å². The van der Waals surface area contributed by atoms with Gasteiger partial charge in [-0.15, -0.1) is 12.4 Å². The van der Waals surface area contributed by atoms with Crippen molar-refractivity contribution in [1.82, 2.24) is 0 Å². The lowest BCUT2D eigenvalue weighted by Crippen LogP contribution is -2.07. The van der Waals surface area contributed by atoms with E-state index in [1.807, 2.05) is 26.0 Å². The van der Waals surface area contributed by atoms with Gasteiger partial charge in [0.1, 0.15) is 11.3 Å². The van der Waals surface area contributed by atoms with Gasteiger partial charge in [0.15, 0.2) is 0 Å². The van der Waals surface area contributed by atoms with Crippen LogP contribution in [0.2, 0.25) is 0 Å². The van der Waals surface area contributed by atoms with Crippen LogP contribution in [-0.4, -0.2) is 13.2 Å². The molecular weight excluding hydrogens is 290 g/mol. The lowest BCUT2D eigenvalue weighted by molar-refractivity contribution is 0.305. The standard InChI is InChI=1S/C16H21NO3.ClH/c1-10-11(2)16(18)20-15-12(3)14(7-6-13(10)15)19-9-5-4-8-17;/h6-7H,4-5,8-9,17H2,1-3H3;1H. The first-order valence-electron chi connectivity index (χ1n) is 6.92. The van der Waals surface area contributed by atoms with E-state index >= 15 is 0 Å². The third-order valence-corrected chi connectivity index (χ3v) is 3.68. The average molecular weight is 312 g/mol. The predicted molar refractivity (Wildman–Crippen MR) is 87.7 cm³/mol. The molecule has 2 aromatic rings. The molecule has 0 fully saturated rings. The highest BCUT2D eigenvalue weighted by Gasteiger charge is 2.12. The van der Waals surface area contributed by atoms with Crippen LogP contribution in [-0.2, 0) is 0 Å². The highest BCUT2D eigenvalue weighted by molar-refractivity contribution is 5.85. The number of ether oxygens (including phenoxy) is 1. The third kappa shape index (κ3) is 3.57. The van der Waals surface area contributed by atoms with Gasteiger partial charge in [0.25, 0.3) is 0 Å². The van der Waals surface area contributed by atoms with E-state index in [0.717, 1.165) is 35.1 Å². The van der Waals surface area contributed by atoms with Crippen molar-refractivity contribution in [1.29, 1.82) is 0 Å². The van der Waals surface area contributed by atoms with Crippen molar-refractivity contribution >= 4 is 23.4 Å². The molecule has 0 saturated heterocycles. The summed E-state index contributed by atoms with van der Waals surface area (Å²) in [6, 6.07) is 3.89. The van der Waals surface area contributed by atoms with Crippen LogP contribution in [0.15, 0.2) is 21.3 Å². The van der Waals surface area contributed by atoms with Crippen LogP contribution in [0.3, 0.4) is 0 Å². The first-order valence-corrected chi connectivity index (χ1v) is 6.92. The fourth-order valence-electron chi connectivity index (χ4n) is 2.21. The molecule has 116 valence electrons. The Kier molecular flexibility index (Phi) is 6.24. The van der Waals surface area contributed by atoms with Crippen LogP contribution in [0.4, 0.5) is 0 Å². The molecule has 2 N–H and O–H groups in total. The van der Waals surface area contributed by atoms with Gasteiger partial charge in [0.2, 0.25) is 0 Å². The lowest BCUT2D eigenvalue weighted by atomic mass is 10.0. The van der Waals surface area contributed by atoms with Crippen molar-refractivity contribution in [2.45, 2.75) is 33.6 Å². The van der Waals surface area contributed by atoms with Crippen LogP contribution in [0, 0.1) is 20.8 Å². The van der Waals surface area contributed by atoms with Crippen molar-refractivity contribution in [2.75, 3.05) is 13.2 Å². The third-order valence-electron chi connectivity index (χ3n) is 3.68. The number of rotatable bonds is 5. The van der Waals surface area contributed by atoms with Crippen LogP contribution in [0.1, 0.15) is 29.5 Å². The zero-order chi connectivity index (χ0) is 14.7. The maximum Gasteiger partial charge on any atom is 0.339 e. The minimum Gasteiger partial charge on any atom is -0.493 e. The summed E-state index contributed by atoms with van der Waals surface area (Å²) in [5.74, 6) is 0.765. The van der Waals surface area contributed by atoms with E-state index in [9.17, 15) is 4.79 Å². The molecule has 5 heteroatoms. The first-order chi connectivity index (χ1) is 9.56. The highest BCUT2D eigenvalue weighted by atomic mass is 35.5. The molecule has 1 aromatic carbocycles. The average Bonchev–Trinajstić information content (AvgIpc) is 2.44. The number of hydrogen-bond donors (Lipinski definition) is 1. The molecule has 1 aromatic heterocycles. The van der Waals surface area contributed by atoms with Crippen LogP contribution in [0.5, 0.6) is 5.75 Å². The van der Waals surface area contributed by atoms with E-state index in [-0.39, 0.29) is 18.0 Å². The minimum absolute atomic E-state index is 0. The fourth-order valence-corrected chi connectivity index (χ4v) is 2.21. The Morgan fingerprint density at radius 2 is 1.81 bits per heavy atom. The van der Waals surface area contributed by atoms with E-state index in [1.165, 1.54) is 0 Å². The number of nitrogens with two attached hydrogens (primary N) is 1. The number of hydrogen-bond acceptors (Lipinski definition) is 4. The summed E-state index contributed by atoms with van der Waals surface area (Å²) in [6.07, 6.45) is 1.87. The van der Waals surface area contributed by atoms with Crippen LogP contribution < -0.4 is 16.1 Å². The molecule has 0 unspecified atom stereocenters. The number of fused-ring (bicyclic) bond motifs is 1. The normalized spacial score (nSPS) is 10.5. The summed E-state index contributed by atoms with van der Waals surface area (Å²) in [5.41, 5.74) is 8.29. The molecule has 0 amide bonds. The number of unbranched alkanes of at least 4 members (excludes halogenated alkanes) is 1. The summed E-state index contributed by atoms with van der Waals surface area (Å²) in [5, 5.41) is 0.967. The van der Waals surface area contributed by atoms with Gasteiger partial charge < -0.3 is 14.9 Å². The van der Waals surface area contributed by atoms with E-state index in [4.69, 9.17) is 14.9 Å². The molecule has 0 spiro atoms. The highest BCUT2D eigenvalue weighted by Crippen LogP contribution is 2.29. The molecule has 0 saturated carbocycles. The summed E-state index contributed by atoms with van der Waals surface area (Å²) >= 11 is 0. The molecule has 4 nitrogen and oxygen atoms in total. The topological polar surface area (TPSA) is 65.5 Å². The second-order valence-electron chi connectivity index (χ2n) is 5.05. The lowest BCUT2D eigenvalue weighted by Gasteiger charge is -2.12. The summed E-state index contributed by atoms with van der Waals surface area (Å²) in [4.78, 5) is 11.8. The van der Waals surface area contributed by atoms with Crippen molar-refractivity contribution < 1.29 is 9.15 Å². The Balaban J connectivity index is 0.00000220. The van der Waals surface area contributed by atoms with Gasteiger partial charge in [-0.3, -0.25) is 0 Å². The first kappa shape index (κ1) is 17.5. The number of aryl methyl sites for hydroxylation is 2. The molecule has 0 aliphatic rings. The van der Waals surface area contributed by atoms with Gasteiger partial charge in [0, 0.05) is 16.5 Å². The van der Waals surface area contributed by atoms with Crippen molar-refractivity contribution in [3.05, 3.63) is 39.2 Å². The molecule has 2 rings (SSSR count). The molecule has 0 aliphatic carbocycles. The monoisotopic (exact) mass is 311 g/mol. The van der Waals surface area contributed by atoms with Gasteiger partial charge in [-0.1, -0.05) is 0 Å². The van der Waals surface area contributed by atoms with Crippen molar-refractivity contribution in [3.63, 3.8) is 0 Å². The van der Waals surface area contributed by atoms with E-state index in [0.29, 0.717) is 24.3 Å². The summed E-state index contributed by atoms with van der Waals surface area (Å²) in [7, 11) is 0. The summed E-state index contributed by atoms with van der Waals surface area (Å²) < 4.78 is 11.2. The molecule has 21 heavy (non-hydrogen) atoms. The van der Waals surface area contributed by atoms with E-state index < -0.39 is 0 Å². The maximum absolute atomic E-state index is 11.8. The zero-order valence-electron chi connectivity index (χ0n) is 12.7. The minimum atomic E-state index is -0.279. The van der Waals surface area contributed by atoms with E-state index in [1.54, 1.807) is 6.92 Å². The van der Waals surface area contributed by atoms with Crippen molar-refractivity contribution in [3.8, 4) is 5.75 Å². The zero-order valence-corrected chi connectivity index (χ0v) is 13.5. The molecule has 0 aliphatic heterocycles. The van der Waals surface area contributed by atoms with Gasteiger partial charge in [0.05, 0.1) is 6.61 Å². The Morgan fingerprint density at radius 3 is 2.48 bits per heavy atom. The second-order valence-corrected chi connectivity index (χ2v) is 5.05. The SMILES string of the molecule is Cc1c(C)c2ccc(OCCCCN)c(C)c2oc1=O.Cl. The molecule has 0 atom stereocenters. The molecule has 0 bridgehead atoms. The Bertz CT molecular complexity index is 679. The Labute approximate surface area is 130 Å². The second kappa shape index (κ2) is 7.48. The number of benzene rings is 1. The smallest absolute Gasteiger partial charge is 0.339 e. The molecule has 0 radical (unpaired) electrons. The van der Waals surface area contributed by atoms with Gasteiger partial charge in [-0.25, -0.2) is 4.79 Å². The Hall–Kier alpha value is -1.52. The number of halogens is 1. The quantitative estimate of drug-likeness (QED) is 0.680. The van der Waals surface area contributed by atoms with Gasteiger partial charge >= 0.3 is 5.63 Å². The van der Waals surface area contributed by atoms with E-state index in [2.05, 4.69) is 0 Å². The van der Waals surface area contributed by atoms with Gasteiger partial charge in [-0.05, 0) is 57.9 Å². The molecular formula is C16H22ClNO3. The maximum atomic E-state index is 11.8. The molecule has 1 heterocycles. The summed E-state index contributed by atoms with van der Waals surface area (Å²) in [6.45, 7) is 6.94. The Morgan fingerprint density at radius 1 is 1.10 bits per heavy atom. The van der Waals surface area contributed by atoms with Gasteiger partial charge in [-0.2, -0.15) is 0 Å². The fraction of sp³-hybridized carbons (Fsp3) is 0.438.